The number of benzene rings is 1. The summed E-state index contributed by atoms with van der Waals surface area (Å²) < 4.78 is 13.8. The second kappa shape index (κ2) is 5.07. The van der Waals surface area contributed by atoms with Gasteiger partial charge < -0.3 is 10.8 Å². The van der Waals surface area contributed by atoms with Gasteiger partial charge in [-0.15, -0.1) is 0 Å². The Morgan fingerprint density at radius 2 is 2.21 bits per heavy atom. The first kappa shape index (κ1) is 11.9. The predicted octanol–water partition coefficient (Wildman–Crippen LogP) is 2.62. The summed E-state index contributed by atoms with van der Waals surface area (Å²) in [7, 11) is 0. The molecule has 0 bridgehead atoms. The molecule has 0 aromatic heterocycles. The molecule has 0 fully saturated rings. The van der Waals surface area contributed by atoms with E-state index in [4.69, 9.17) is 17.3 Å². The average molecular weight is 283 g/mol. The maximum atomic E-state index is 13.5. The van der Waals surface area contributed by atoms with E-state index in [1.54, 1.807) is 0 Å². The number of hydrogen-bond acceptors (Lipinski definition) is 2. The zero-order valence-corrected chi connectivity index (χ0v) is 9.65. The van der Waals surface area contributed by atoms with Gasteiger partial charge in [0.15, 0.2) is 0 Å². The number of nitrogens with two attached hydrogens (primary N) is 1. The summed E-state index contributed by atoms with van der Waals surface area (Å²) in [6, 6.07) is 3.03. The predicted molar refractivity (Wildman–Crippen MR) is 57.7 cm³/mol. The zero-order valence-electron chi connectivity index (χ0n) is 7.30. The number of aliphatic hydroxyl groups excluding tert-OH is 1. The zero-order chi connectivity index (χ0) is 10.7. The van der Waals surface area contributed by atoms with Gasteiger partial charge in [0, 0.05) is 10.6 Å². The van der Waals surface area contributed by atoms with Crippen molar-refractivity contribution < 1.29 is 9.50 Å². The fourth-order valence-corrected chi connectivity index (χ4v) is 1.77. The van der Waals surface area contributed by atoms with E-state index >= 15 is 0 Å². The van der Waals surface area contributed by atoms with E-state index in [9.17, 15) is 9.50 Å². The van der Waals surface area contributed by atoms with Gasteiger partial charge in [-0.3, -0.25) is 0 Å². The van der Waals surface area contributed by atoms with Crippen LogP contribution in [0.1, 0.15) is 18.1 Å². The van der Waals surface area contributed by atoms with E-state index in [1.165, 1.54) is 12.1 Å². The molecule has 0 saturated heterocycles. The van der Waals surface area contributed by atoms with E-state index in [2.05, 4.69) is 15.9 Å². The molecule has 0 radical (unpaired) electrons. The van der Waals surface area contributed by atoms with Crippen LogP contribution in [0.25, 0.3) is 0 Å². The van der Waals surface area contributed by atoms with Crippen molar-refractivity contribution in [2.45, 2.75) is 12.5 Å². The van der Waals surface area contributed by atoms with Gasteiger partial charge in [0.2, 0.25) is 0 Å². The lowest BCUT2D eigenvalue weighted by molar-refractivity contribution is 0.165. The maximum Gasteiger partial charge on any atom is 0.144 e. The maximum absolute atomic E-state index is 13.5. The summed E-state index contributed by atoms with van der Waals surface area (Å²) in [6.07, 6.45) is -0.669. The number of aliphatic hydroxyl groups is 1. The minimum atomic E-state index is -0.954. The molecule has 0 aliphatic heterocycles. The summed E-state index contributed by atoms with van der Waals surface area (Å²) in [5.74, 6) is -0.529. The molecule has 0 spiro atoms. The van der Waals surface area contributed by atoms with Gasteiger partial charge in [-0.05, 0) is 41.0 Å². The van der Waals surface area contributed by atoms with Gasteiger partial charge in [0.05, 0.1) is 10.6 Å². The Kier molecular flexibility index (Phi) is 4.31. The topological polar surface area (TPSA) is 46.2 Å². The molecule has 0 heterocycles. The van der Waals surface area contributed by atoms with Crippen molar-refractivity contribution in [3.8, 4) is 0 Å². The quantitative estimate of drug-likeness (QED) is 0.837. The van der Waals surface area contributed by atoms with Crippen LogP contribution < -0.4 is 5.73 Å². The van der Waals surface area contributed by atoms with Crippen LogP contribution in [0.5, 0.6) is 0 Å². The van der Waals surface area contributed by atoms with Crippen LogP contribution in [0.4, 0.5) is 4.39 Å². The highest BCUT2D eigenvalue weighted by Gasteiger charge is 2.17. The Balaban J connectivity index is 3.11. The molecule has 1 atom stereocenters. The molecule has 1 rings (SSSR count). The minimum Gasteiger partial charge on any atom is -0.388 e. The van der Waals surface area contributed by atoms with Gasteiger partial charge in [0.1, 0.15) is 5.82 Å². The molecular weight excluding hydrogens is 272 g/mol. The van der Waals surface area contributed by atoms with Gasteiger partial charge in [-0.25, -0.2) is 4.39 Å². The van der Waals surface area contributed by atoms with Gasteiger partial charge in [-0.1, -0.05) is 11.6 Å². The molecule has 0 amide bonds. The number of hydrogen-bond donors (Lipinski definition) is 2. The second-order valence-corrected chi connectivity index (χ2v) is 4.11. The van der Waals surface area contributed by atoms with Crippen molar-refractivity contribution in [1.29, 1.82) is 0 Å². The smallest absolute Gasteiger partial charge is 0.144 e. The molecule has 5 heteroatoms. The largest absolute Gasteiger partial charge is 0.388 e. The Morgan fingerprint density at radius 3 is 2.79 bits per heavy atom. The Labute approximate surface area is 95.0 Å². The fraction of sp³-hybridized carbons (Fsp3) is 0.333. The first-order valence-corrected chi connectivity index (χ1v) is 5.26. The summed E-state index contributed by atoms with van der Waals surface area (Å²) in [4.78, 5) is 0. The average Bonchev–Trinajstić information content (AvgIpc) is 2.13. The van der Waals surface area contributed by atoms with E-state index in [0.29, 0.717) is 0 Å². The number of halogens is 3. The molecule has 0 aliphatic carbocycles. The third-order valence-corrected chi connectivity index (χ3v) is 2.79. The normalized spacial score (nSPS) is 12.9. The summed E-state index contributed by atoms with van der Waals surface area (Å²) in [5.41, 5.74) is 5.37. The van der Waals surface area contributed by atoms with E-state index < -0.39 is 11.9 Å². The lowest BCUT2D eigenvalue weighted by atomic mass is 10.1. The first-order valence-electron chi connectivity index (χ1n) is 4.09. The lowest BCUT2D eigenvalue weighted by Gasteiger charge is -2.13. The van der Waals surface area contributed by atoms with Crippen LogP contribution in [-0.2, 0) is 0 Å². The third-order valence-electron chi connectivity index (χ3n) is 1.85. The molecule has 78 valence electrons. The van der Waals surface area contributed by atoms with Crippen molar-refractivity contribution in [3.63, 3.8) is 0 Å². The molecule has 2 nitrogen and oxygen atoms in total. The fourth-order valence-electron chi connectivity index (χ4n) is 1.15. The summed E-state index contributed by atoms with van der Waals surface area (Å²) in [6.45, 7) is 0.281. The monoisotopic (exact) mass is 281 g/mol. The van der Waals surface area contributed by atoms with Crippen LogP contribution in [0, 0.1) is 5.82 Å². The van der Waals surface area contributed by atoms with Crippen molar-refractivity contribution in [3.05, 3.63) is 33.0 Å². The van der Waals surface area contributed by atoms with Crippen LogP contribution >= 0.6 is 27.5 Å². The molecule has 1 unspecified atom stereocenters. The standard InChI is InChI=1S/C9H10BrClFNO/c10-5-1-2-6(11)8(9(5)12)7(14)3-4-13/h1-2,7,14H,3-4,13H2. The molecule has 0 saturated carbocycles. The third kappa shape index (κ3) is 2.45. The molecular formula is C9H10BrClFNO. The highest BCUT2D eigenvalue weighted by Crippen LogP contribution is 2.31. The van der Waals surface area contributed by atoms with Gasteiger partial charge in [-0.2, -0.15) is 0 Å². The Hall–Kier alpha value is -0.160. The summed E-state index contributed by atoms with van der Waals surface area (Å²) >= 11 is 8.79. The highest BCUT2D eigenvalue weighted by atomic mass is 79.9. The number of rotatable bonds is 3. The van der Waals surface area contributed by atoms with Crippen LogP contribution in [0.3, 0.4) is 0 Å². The van der Waals surface area contributed by atoms with Crippen molar-refractivity contribution in [1.82, 2.24) is 0 Å². The van der Waals surface area contributed by atoms with E-state index in [-0.39, 0.29) is 28.0 Å². The van der Waals surface area contributed by atoms with Gasteiger partial charge >= 0.3 is 0 Å². The van der Waals surface area contributed by atoms with Crippen molar-refractivity contribution in [2.24, 2.45) is 5.73 Å². The minimum absolute atomic E-state index is 0.103. The Bertz CT molecular complexity index is 335. The summed E-state index contributed by atoms with van der Waals surface area (Å²) in [5, 5.41) is 9.80. The van der Waals surface area contributed by atoms with Crippen LogP contribution in [0.15, 0.2) is 16.6 Å². The SMILES string of the molecule is NCCC(O)c1c(Cl)ccc(Br)c1F. The molecule has 0 aliphatic rings. The molecule has 1 aromatic carbocycles. The van der Waals surface area contributed by atoms with Crippen LogP contribution in [0.2, 0.25) is 5.02 Å². The van der Waals surface area contributed by atoms with Crippen LogP contribution in [-0.4, -0.2) is 11.7 Å². The molecule has 3 N–H and O–H groups in total. The lowest BCUT2D eigenvalue weighted by Crippen LogP contribution is -2.09. The van der Waals surface area contributed by atoms with E-state index in [1.807, 2.05) is 0 Å². The van der Waals surface area contributed by atoms with Crippen molar-refractivity contribution in [2.75, 3.05) is 6.54 Å². The second-order valence-electron chi connectivity index (χ2n) is 2.85. The Morgan fingerprint density at radius 1 is 1.57 bits per heavy atom. The highest BCUT2D eigenvalue weighted by molar-refractivity contribution is 9.10. The molecule has 14 heavy (non-hydrogen) atoms. The van der Waals surface area contributed by atoms with Crippen molar-refractivity contribution >= 4 is 27.5 Å². The molecule has 1 aromatic rings. The van der Waals surface area contributed by atoms with E-state index in [0.717, 1.165) is 0 Å². The first-order chi connectivity index (χ1) is 6.57. The van der Waals surface area contributed by atoms with Gasteiger partial charge in [0.25, 0.3) is 0 Å².